The van der Waals surface area contributed by atoms with Crippen molar-refractivity contribution in [3.63, 3.8) is 0 Å². The summed E-state index contributed by atoms with van der Waals surface area (Å²) in [7, 11) is 0. The van der Waals surface area contributed by atoms with E-state index in [-0.39, 0.29) is 17.3 Å². The highest BCUT2D eigenvalue weighted by Gasteiger charge is 2.19. The molecular weight excluding hydrogens is 201 g/mol. The minimum absolute atomic E-state index is 0.0363. The van der Waals surface area contributed by atoms with E-state index in [9.17, 15) is 18.0 Å². The topological polar surface area (TPSA) is 17.1 Å². The summed E-state index contributed by atoms with van der Waals surface area (Å²) in [5.41, 5.74) is 0. The Morgan fingerprint density at radius 2 is 1.85 bits per heavy atom. The summed E-state index contributed by atoms with van der Waals surface area (Å²) in [6.45, 7) is 0.522. The molecule has 0 aliphatic rings. The maximum Gasteiger partial charge on any atom is 0.185 e. The number of rotatable bonds is 6. The van der Waals surface area contributed by atoms with E-state index in [0.29, 0.717) is 0 Å². The highest BCUT2D eigenvalue weighted by Crippen LogP contribution is 2.15. The number of carbonyl (C=O) groups is 1. The molecule has 0 radical (unpaired) electrons. The van der Waals surface area contributed by atoms with Crippen LogP contribution in [0.3, 0.4) is 0 Å². The number of thioether (sulfide) groups is 1. The van der Waals surface area contributed by atoms with Gasteiger partial charge in [0.1, 0.15) is 12.3 Å². The Morgan fingerprint density at radius 1 is 1.31 bits per heavy atom. The first kappa shape index (κ1) is 12.8. The van der Waals surface area contributed by atoms with Crippen LogP contribution < -0.4 is 0 Å². The highest BCUT2D eigenvalue weighted by molar-refractivity contribution is 8.13. The Morgan fingerprint density at radius 3 is 2.31 bits per heavy atom. The van der Waals surface area contributed by atoms with E-state index in [0.717, 1.165) is 11.8 Å². The van der Waals surface area contributed by atoms with Crippen LogP contribution in [0.2, 0.25) is 0 Å². The Kier molecular flexibility index (Phi) is 7.13. The van der Waals surface area contributed by atoms with Crippen LogP contribution in [0.25, 0.3) is 0 Å². The van der Waals surface area contributed by atoms with Gasteiger partial charge in [-0.05, 0) is 6.42 Å². The monoisotopic (exact) mass is 214 g/mol. The van der Waals surface area contributed by atoms with E-state index >= 15 is 0 Å². The zero-order valence-corrected chi connectivity index (χ0v) is 8.25. The van der Waals surface area contributed by atoms with Gasteiger partial charge in [0, 0.05) is 19.1 Å². The van der Waals surface area contributed by atoms with Gasteiger partial charge in [-0.3, -0.25) is 9.18 Å². The first-order valence-electron chi connectivity index (χ1n) is 4.05. The van der Waals surface area contributed by atoms with Gasteiger partial charge in [0.2, 0.25) is 0 Å². The molecule has 5 heteroatoms. The van der Waals surface area contributed by atoms with Gasteiger partial charge in [-0.2, -0.15) is 0 Å². The quantitative estimate of drug-likeness (QED) is 0.676. The van der Waals surface area contributed by atoms with Gasteiger partial charge in [-0.15, -0.1) is 0 Å². The molecule has 0 fully saturated rings. The van der Waals surface area contributed by atoms with Gasteiger partial charge in [0.15, 0.2) is 5.12 Å². The molecule has 1 nitrogen and oxygen atoms in total. The molecule has 2 atom stereocenters. The summed E-state index contributed by atoms with van der Waals surface area (Å²) < 4.78 is 37.0. The smallest absolute Gasteiger partial charge is 0.185 e. The lowest BCUT2D eigenvalue weighted by molar-refractivity contribution is -0.109. The summed E-state index contributed by atoms with van der Waals surface area (Å²) in [4.78, 5) is 10.4. The normalized spacial score (nSPS) is 15.4. The van der Waals surface area contributed by atoms with E-state index in [2.05, 4.69) is 0 Å². The molecule has 0 spiro atoms. The molecule has 0 bridgehead atoms. The van der Waals surface area contributed by atoms with Crippen molar-refractivity contribution < 1.29 is 18.0 Å². The molecule has 0 aliphatic carbocycles. The summed E-state index contributed by atoms with van der Waals surface area (Å²) in [6.07, 6.45) is -3.82. The van der Waals surface area contributed by atoms with Gasteiger partial charge < -0.3 is 0 Å². The zero-order valence-electron chi connectivity index (χ0n) is 7.43. The molecule has 0 aromatic rings. The Balaban J connectivity index is 3.49. The second-order valence-corrected chi connectivity index (χ2v) is 3.91. The fourth-order valence-electron chi connectivity index (χ4n) is 0.781. The van der Waals surface area contributed by atoms with Gasteiger partial charge in [-0.1, -0.05) is 11.8 Å². The summed E-state index contributed by atoms with van der Waals surface area (Å²) >= 11 is 0.956. The van der Waals surface area contributed by atoms with E-state index in [1.165, 1.54) is 6.92 Å². The van der Waals surface area contributed by atoms with Crippen LogP contribution in [0.1, 0.15) is 19.8 Å². The third-order valence-corrected chi connectivity index (χ3v) is 2.32. The lowest BCUT2D eigenvalue weighted by Gasteiger charge is -2.10. The summed E-state index contributed by atoms with van der Waals surface area (Å²) in [5, 5.41) is -0.118. The van der Waals surface area contributed by atoms with Crippen LogP contribution in [0, 0.1) is 0 Å². The third kappa shape index (κ3) is 6.93. The molecule has 13 heavy (non-hydrogen) atoms. The van der Waals surface area contributed by atoms with Crippen molar-refractivity contribution in [2.24, 2.45) is 0 Å². The fraction of sp³-hybridized carbons (Fsp3) is 0.875. The standard InChI is InChI=1S/C8H13F3OS/c1-6(12)13-5-3-8(11)7(10)2-4-9/h7-8H,2-5H2,1H3. The van der Waals surface area contributed by atoms with Crippen molar-refractivity contribution in [2.75, 3.05) is 12.4 Å². The number of hydrogen-bond donors (Lipinski definition) is 0. The van der Waals surface area contributed by atoms with Crippen molar-refractivity contribution in [3.05, 3.63) is 0 Å². The SMILES string of the molecule is CC(=O)SCCC(F)C(F)CCF. The average molecular weight is 214 g/mol. The van der Waals surface area contributed by atoms with Crippen molar-refractivity contribution in [1.82, 2.24) is 0 Å². The van der Waals surface area contributed by atoms with E-state index in [1.54, 1.807) is 0 Å². The van der Waals surface area contributed by atoms with Gasteiger partial charge >= 0.3 is 0 Å². The lowest BCUT2D eigenvalue weighted by Crippen LogP contribution is -2.18. The van der Waals surface area contributed by atoms with Crippen LogP contribution in [0.5, 0.6) is 0 Å². The average Bonchev–Trinajstić information content (AvgIpc) is 2.04. The molecule has 0 aliphatic heterocycles. The highest BCUT2D eigenvalue weighted by atomic mass is 32.2. The second-order valence-electron chi connectivity index (χ2n) is 2.64. The largest absolute Gasteiger partial charge is 0.288 e. The summed E-state index contributed by atoms with van der Waals surface area (Å²) in [5.74, 6) is 0.253. The van der Waals surface area contributed by atoms with Crippen LogP contribution in [0.15, 0.2) is 0 Å². The molecule has 0 heterocycles. The Hall–Kier alpha value is -0.190. The van der Waals surface area contributed by atoms with Crippen LogP contribution in [-0.4, -0.2) is 29.9 Å². The zero-order chi connectivity index (χ0) is 10.3. The Labute approximate surface area is 80.1 Å². The molecule has 0 saturated carbocycles. The number of alkyl halides is 3. The fourth-order valence-corrected chi connectivity index (χ4v) is 1.41. The number of halogens is 3. The summed E-state index contributed by atoms with van der Waals surface area (Å²) in [6, 6.07) is 0. The molecule has 2 unspecified atom stereocenters. The van der Waals surface area contributed by atoms with E-state index < -0.39 is 25.4 Å². The minimum Gasteiger partial charge on any atom is -0.288 e. The second kappa shape index (κ2) is 7.24. The first-order valence-corrected chi connectivity index (χ1v) is 5.04. The molecule has 0 aromatic heterocycles. The predicted octanol–water partition coefficient (Wildman–Crippen LogP) is 2.69. The van der Waals surface area contributed by atoms with Crippen molar-refractivity contribution in [2.45, 2.75) is 32.1 Å². The Bertz CT molecular complexity index is 154. The molecule has 0 saturated heterocycles. The maximum absolute atomic E-state index is 12.8. The first-order chi connectivity index (χ1) is 6.07. The third-order valence-electron chi connectivity index (χ3n) is 1.48. The lowest BCUT2D eigenvalue weighted by atomic mass is 10.1. The predicted molar refractivity (Wildman–Crippen MR) is 48.1 cm³/mol. The minimum atomic E-state index is -1.74. The molecule has 0 N–H and O–H groups in total. The molecule has 78 valence electrons. The van der Waals surface area contributed by atoms with Crippen LogP contribution in [0.4, 0.5) is 13.2 Å². The van der Waals surface area contributed by atoms with Gasteiger partial charge in [0.05, 0.1) is 6.67 Å². The number of hydrogen-bond acceptors (Lipinski definition) is 2. The van der Waals surface area contributed by atoms with Crippen LogP contribution >= 0.6 is 11.8 Å². The van der Waals surface area contributed by atoms with E-state index in [1.807, 2.05) is 0 Å². The molecular formula is C8H13F3OS. The van der Waals surface area contributed by atoms with Crippen LogP contribution in [-0.2, 0) is 4.79 Å². The maximum atomic E-state index is 12.8. The molecule has 0 aromatic carbocycles. The van der Waals surface area contributed by atoms with Crippen molar-refractivity contribution in [1.29, 1.82) is 0 Å². The van der Waals surface area contributed by atoms with E-state index in [4.69, 9.17) is 0 Å². The molecule has 0 amide bonds. The number of carbonyl (C=O) groups excluding carboxylic acids is 1. The van der Waals surface area contributed by atoms with Crippen molar-refractivity contribution in [3.8, 4) is 0 Å². The molecule has 0 rings (SSSR count). The van der Waals surface area contributed by atoms with Crippen molar-refractivity contribution >= 4 is 16.9 Å². The van der Waals surface area contributed by atoms with Gasteiger partial charge in [-0.25, -0.2) is 8.78 Å². The van der Waals surface area contributed by atoms with Gasteiger partial charge in [0.25, 0.3) is 0 Å².